The minimum atomic E-state index is 0. The van der Waals surface area contributed by atoms with Gasteiger partial charge in [0.2, 0.25) is 5.78 Å². The summed E-state index contributed by atoms with van der Waals surface area (Å²) in [5, 5.41) is 4.26. The number of pyridine rings is 2. The van der Waals surface area contributed by atoms with Gasteiger partial charge in [0, 0.05) is 29.3 Å². The molecule has 268 valence electrons. The Bertz CT molecular complexity index is 3310. The molecule has 0 saturated heterocycles. The van der Waals surface area contributed by atoms with Crippen LogP contribution in [0.1, 0.15) is 22.6 Å². The van der Waals surface area contributed by atoms with Crippen molar-refractivity contribution >= 4 is 60.6 Å². The van der Waals surface area contributed by atoms with E-state index in [1.54, 1.807) is 6.20 Å². The van der Waals surface area contributed by atoms with Crippen LogP contribution in [0, 0.1) is 12.1 Å². The molecule has 0 aliphatic heterocycles. The number of furan rings is 1. The van der Waals surface area contributed by atoms with Gasteiger partial charge < -0.3 is 18.5 Å². The van der Waals surface area contributed by atoms with Crippen LogP contribution in [-0.4, -0.2) is 23.9 Å². The molecule has 56 heavy (non-hydrogen) atoms. The van der Waals surface area contributed by atoms with E-state index in [4.69, 9.17) is 24.1 Å². The molecule has 8 heteroatoms. The van der Waals surface area contributed by atoms with Gasteiger partial charge in [-0.15, -0.1) is 18.2 Å². The normalized spacial score (nSPS) is 14.0. The summed E-state index contributed by atoms with van der Waals surface area (Å²) in [5.41, 5.74) is 10.8. The largest absolute Gasteiger partial charge is 2.00 e. The predicted octanol–water partition coefficient (Wildman–Crippen LogP) is 11.2. The third kappa shape index (κ3) is 4.97. The van der Waals surface area contributed by atoms with Crippen molar-refractivity contribution in [3.05, 3.63) is 175 Å². The maximum atomic E-state index is 6.80. The molecule has 1 unspecified atom stereocenters. The van der Waals surface area contributed by atoms with E-state index in [0.717, 1.165) is 90.5 Å². The summed E-state index contributed by atoms with van der Waals surface area (Å²) in [6.07, 6.45) is 5.56. The predicted molar refractivity (Wildman–Crippen MR) is 216 cm³/mol. The molecular weight excluding hydrogens is 874 g/mol. The molecule has 6 aromatic carbocycles. The van der Waals surface area contributed by atoms with Gasteiger partial charge in [0.25, 0.3) is 0 Å². The standard InChI is InChI=1S/C48H29N5O2.Pt/c1-2-10-29(11-3-1)32-24-31-21-23-50-46(36(31)25-32)38-27-34(26-37-45-35-13-5-4-12-30(35)17-20-43(45)55-47(37)38)54-33-18-19-41-42(28-33)53(44-16-8-9-22-49-44)48-51-39-14-6-7-15-40(39)52(41)48;/h1-23,26,32H,24-25H2;/q-2;+2. The number of imidazole rings is 2. The Labute approximate surface area is 335 Å². The van der Waals surface area contributed by atoms with Gasteiger partial charge in [-0.25, -0.2) is 9.97 Å². The summed E-state index contributed by atoms with van der Waals surface area (Å²) < 4.78 is 17.7. The van der Waals surface area contributed by atoms with E-state index in [0.29, 0.717) is 17.4 Å². The van der Waals surface area contributed by atoms with Crippen molar-refractivity contribution in [3.8, 4) is 28.6 Å². The van der Waals surface area contributed by atoms with Gasteiger partial charge in [-0.2, -0.15) is 0 Å². The fourth-order valence-electron chi connectivity index (χ4n) is 8.69. The zero-order chi connectivity index (χ0) is 36.0. The van der Waals surface area contributed by atoms with Crippen molar-refractivity contribution in [1.82, 2.24) is 23.9 Å². The molecule has 0 spiro atoms. The van der Waals surface area contributed by atoms with E-state index in [1.165, 1.54) is 16.7 Å². The first kappa shape index (κ1) is 32.8. The molecule has 0 bridgehead atoms. The molecule has 1 atom stereocenters. The van der Waals surface area contributed by atoms with Gasteiger partial charge in [-0.3, -0.25) is 4.57 Å². The van der Waals surface area contributed by atoms with Gasteiger partial charge in [-0.05, 0) is 93.8 Å². The zero-order valence-electron chi connectivity index (χ0n) is 29.7. The van der Waals surface area contributed by atoms with Crippen LogP contribution in [0.25, 0.3) is 77.6 Å². The van der Waals surface area contributed by atoms with E-state index in [1.807, 2.05) is 59.3 Å². The van der Waals surface area contributed by atoms with E-state index in [2.05, 4.69) is 101 Å². The molecule has 5 aromatic heterocycles. The number of aromatic nitrogens is 5. The van der Waals surface area contributed by atoms with Crippen molar-refractivity contribution < 1.29 is 30.2 Å². The molecule has 7 nitrogen and oxygen atoms in total. The molecule has 12 rings (SSSR count). The van der Waals surface area contributed by atoms with E-state index >= 15 is 0 Å². The third-order valence-electron chi connectivity index (χ3n) is 11.1. The number of ether oxygens (including phenoxy) is 1. The summed E-state index contributed by atoms with van der Waals surface area (Å²) in [6, 6.07) is 52.9. The van der Waals surface area contributed by atoms with Crippen LogP contribution in [0.2, 0.25) is 0 Å². The molecule has 0 saturated carbocycles. The average molecular weight is 903 g/mol. The Morgan fingerprint density at radius 1 is 0.696 bits per heavy atom. The van der Waals surface area contributed by atoms with Crippen LogP contribution in [0.3, 0.4) is 0 Å². The maximum Gasteiger partial charge on any atom is 2.00 e. The minimum Gasteiger partial charge on any atom is -0.503 e. The number of benzene rings is 6. The van der Waals surface area contributed by atoms with Crippen LogP contribution in [0.15, 0.2) is 150 Å². The van der Waals surface area contributed by atoms with Crippen LogP contribution in [0.4, 0.5) is 0 Å². The molecular formula is C48H29N5O2Pt. The maximum absolute atomic E-state index is 6.80. The second-order valence-electron chi connectivity index (χ2n) is 14.2. The van der Waals surface area contributed by atoms with E-state index in [9.17, 15) is 0 Å². The van der Waals surface area contributed by atoms with Crippen LogP contribution in [-0.2, 0) is 33.9 Å². The summed E-state index contributed by atoms with van der Waals surface area (Å²) in [7, 11) is 0. The number of rotatable bonds is 5. The minimum absolute atomic E-state index is 0. The third-order valence-corrected chi connectivity index (χ3v) is 11.1. The monoisotopic (exact) mass is 902 g/mol. The summed E-state index contributed by atoms with van der Waals surface area (Å²) in [4.78, 5) is 14.8. The van der Waals surface area contributed by atoms with Crippen molar-refractivity contribution in [2.45, 2.75) is 18.8 Å². The SMILES string of the molecule is [Pt+2].[c-]1c(Oc2[c-]c3c(cc2)n2c4ccccc4nc2n3-c2ccccn2)cc2c(oc3ccc4ccccc4c32)c1-c1nccc2c1CC(c1ccccc1)C2. The molecule has 5 heterocycles. The van der Waals surface area contributed by atoms with Crippen molar-refractivity contribution in [2.24, 2.45) is 0 Å². The first-order chi connectivity index (χ1) is 27.2. The van der Waals surface area contributed by atoms with E-state index in [-0.39, 0.29) is 21.1 Å². The molecule has 0 radical (unpaired) electrons. The summed E-state index contributed by atoms with van der Waals surface area (Å²) >= 11 is 0. The zero-order valence-corrected chi connectivity index (χ0v) is 32.0. The van der Waals surface area contributed by atoms with Crippen LogP contribution >= 0.6 is 0 Å². The fraction of sp³-hybridized carbons (Fsp3) is 0.0625. The molecule has 11 aromatic rings. The van der Waals surface area contributed by atoms with Gasteiger partial charge >= 0.3 is 21.1 Å². The van der Waals surface area contributed by atoms with Gasteiger partial charge in [0.15, 0.2) is 0 Å². The molecule has 0 N–H and O–H groups in total. The Morgan fingerprint density at radius 3 is 2.46 bits per heavy atom. The number of para-hydroxylation sites is 2. The fourth-order valence-corrected chi connectivity index (χ4v) is 8.69. The van der Waals surface area contributed by atoms with Gasteiger partial charge in [0.05, 0.1) is 16.6 Å². The number of hydrogen-bond acceptors (Lipinski definition) is 5. The van der Waals surface area contributed by atoms with Crippen molar-refractivity contribution in [1.29, 1.82) is 0 Å². The van der Waals surface area contributed by atoms with Gasteiger partial charge in [-0.1, -0.05) is 108 Å². The van der Waals surface area contributed by atoms with Gasteiger partial charge in [0.1, 0.15) is 11.4 Å². The van der Waals surface area contributed by atoms with Crippen molar-refractivity contribution in [2.75, 3.05) is 0 Å². The first-order valence-corrected chi connectivity index (χ1v) is 18.5. The smallest absolute Gasteiger partial charge is 0.503 e. The van der Waals surface area contributed by atoms with Crippen molar-refractivity contribution in [3.63, 3.8) is 0 Å². The summed E-state index contributed by atoms with van der Waals surface area (Å²) in [6.45, 7) is 0. The molecule has 1 aliphatic rings. The van der Waals surface area contributed by atoms with Crippen LogP contribution < -0.4 is 4.74 Å². The summed E-state index contributed by atoms with van der Waals surface area (Å²) in [5.74, 6) is 2.98. The van der Waals surface area contributed by atoms with E-state index < -0.39 is 0 Å². The first-order valence-electron chi connectivity index (χ1n) is 18.5. The number of hydrogen-bond donors (Lipinski definition) is 0. The van der Waals surface area contributed by atoms with Crippen LogP contribution in [0.5, 0.6) is 11.5 Å². The molecule has 1 aliphatic carbocycles. The average Bonchev–Trinajstić information content (AvgIpc) is 4.01. The Balaban J connectivity index is 0.00000363. The molecule has 0 fully saturated rings. The quantitative estimate of drug-likeness (QED) is 0.161. The Hall–Kier alpha value is -6.56. The Kier molecular flexibility index (Phi) is 7.48. The second kappa shape index (κ2) is 12.8. The topological polar surface area (TPSA) is 70.4 Å². The Morgan fingerprint density at radius 2 is 1.55 bits per heavy atom. The second-order valence-corrected chi connectivity index (χ2v) is 14.2. The molecule has 0 amide bonds. The number of nitrogens with zero attached hydrogens (tertiary/aromatic N) is 5. The number of fused-ring (bicyclic) bond motifs is 11.